The lowest BCUT2D eigenvalue weighted by Gasteiger charge is -2.19. The summed E-state index contributed by atoms with van der Waals surface area (Å²) in [6.07, 6.45) is 3.64. The van der Waals surface area contributed by atoms with Crippen LogP contribution in [0.25, 0.3) is 27.4 Å². The SMILES string of the molecule is CC(C)(C)NS(=O)(=O)c1ccc(-c2ncc3c(=O)n4nc(C5CC5)cc4[nH]c3n2)s1. The Morgan fingerprint density at radius 1 is 1.27 bits per heavy atom. The molecule has 0 saturated heterocycles. The summed E-state index contributed by atoms with van der Waals surface area (Å²) in [7, 11) is -3.64. The Morgan fingerprint density at radius 2 is 2.03 bits per heavy atom. The molecule has 4 aromatic heterocycles. The number of nitrogens with zero attached hydrogens (tertiary/aromatic N) is 4. The molecule has 11 heteroatoms. The van der Waals surface area contributed by atoms with E-state index in [1.54, 1.807) is 26.8 Å². The minimum Gasteiger partial charge on any atom is -0.324 e. The summed E-state index contributed by atoms with van der Waals surface area (Å²) >= 11 is 1.08. The van der Waals surface area contributed by atoms with Crippen LogP contribution in [0.1, 0.15) is 45.2 Å². The van der Waals surface area contributed by atoms with Gasteiger partial charge in [-0.1, -0.05) is 0 Å². The standard InChI is InChI=1S/C19H20N6O3S2/c1-19(2,3)24-30(27,28)15-7-6-13(29-15)17-20-9-11-16(22-17)21-14-8-12(10-4-5-10)23-25(14)18(11)26/h6-10,24H,4-5H2,1-3H3,(H,20,21,22). The second-order valence-corrected chi connectivity index (χ2v) is 11.5. The van der Waals surface area contributed by atoms with Gasteiger partial charge in [0, 0.05) is 23.7 Å². The molecule has 1 aliphatic rings. The van der Waals surface area contributed by atoms with Gasteiger partial charge in [-0.2, -0.15) is 9.61 Å². The number of aromatic amines is 1. The van der Waals surface area contributed by atoms with Gasteiger partial charge in [-0.3, -0.25) is 4.79 Å². The normalized spacial score (nSPS) is 15.3. The third-order valence-corrected chi connectivity index (χ3v) is 8.02. The zero-order valence-corrected chi connectivity index (χ0v) is 18.3. The lowest BCUT2D eigenvalue weighted by molar-refractivity contribution is 0.492. The molecular weight excluding hydrogens is 424 g/mol. The fourth-order valence-corrected chi connectivity index (χ4v) is 5.91. The molecule has 1 aliphatic carbocycles. The first-order valence-electron chi connectivity index (χ1n) is 9.54. The maximum Gasteiger partial charge on any atom is 0.285 e. The largest absolute Gasteiger partial charge is 0.324 e. The van der Waals surface area contributed by atoms with Crippen LogP contribution in [0.2, 0.25) is 0 Å². The van der Waals surface area contributed by atoms with E-state index >= 15 is 0 Å². The fraction of sp³-hybridized carbons (Fsp3) is 0.368. The van der Waals surface area contributed by atoms with Crippen molar-refractivity contribution < 1.29 is 8.42 Å². The van der Waals surface area contributed by atoms with Gasteiger partial charge in [-0.05, 0) is 45.7 Å². The molecule has 1 fully saturated rings. The molecule has 1 saturated carbocycles. The van der Waals surface area contributed by atoms with Crippen LogP contribution in [0.15, 0.2) is 33.4 Å². The molecule has 9 nitrogen and oxygen atoms in total. The number of hydrogen-bond donors (Lipinski definition) is 2. The van der Waals surface area contributed by atoms with Crippen molar-refractivity contribution >= 4 is 38.0 Å². The number of aromatic nitrogens is 5. The Morgan fingerprint density at radius 3 is 2.73 bits per heavy atom. The zero-order valence-electron chi connectivity index (χ0n) is 16.6. The van der Waals surface area contributed by atoms with Gasteiger partial charge in [0.1, 0.15) is 20.9 Å². The van der Waals surface area contributed by atoms with Gasteiger partial charge in [0.05, 0.1) is 10.6 Å². The van der Waals surface area contributed by atoms with E-state index in [1.165, 1.54) is 16.8 Å². The van der Waals surface area contributed by atoms with E-state index in [-0.39, 0.29) is 9.77 Å². The average Bonchev–Trinajstić information content (AvgIpc) is 3.21. The fourth-order valence-electron chi connectivity index (χ4n) is 3.25. The van der Waals surface area contributed by atoms with E-state index in [0.29, 0.717) is 33.3 Å². The summed E-state index contributed by atoms with van der Waals surface area (Å²) in [5.41, 5.74) is 1.03. The molecule has 0 aliphatic heterocycles. The van der Waals surface area contributed by atoms with E-state index in [4.69, 9.17) is 0 Å². The van der Waals surface area contributed by atoms with Gasteiger partial charge < -0.3 is 4.98 Å². The Hall–Kier alpha value is -2.63. The third-order valence-electron chi connectivity index (χ3n) is 4.69. The second kappa shape index (κ2) is 6.43. The summed E-state index contributed by atoms with van der Waals surface area (Å²) in [6, 6.07) is 5.09. The molecule has 2 N–H and O–H groups in total. The van der Waals surface area contributed by atoms with Crippen molar-refractivity contribution in [3.63, 3.8) is 0 Å². The van der Waals surface area contributed by atoms with Crippen molar-refractivity contribution in [2.45, 2.75) is 49.3 Å². The highest BCUT2D eigenvalue weighted by molar-refractivity contribution is 7.91. The Labute approximate surface area is 176 Å². The molecule has 0 aromatic carbocycles. The number of nitrogens with one attached hydrogen (secondary N) is 2. The molecule has 30 heavy (non-hydrogen) atoms. The lowest BCUT2D eigenvalue weighted by atomic mass is 10.1. The predicted octanol–water partition coefficient (Wildman–Crippen LogP) is 2.65. The average molecular weight is 445 g/mol. The van der Waals surface area contributed by atoms with E-state index in [2.05, 4.69) is 24.8 Å². The molecule has 0 spiro atoms. The van der Waals surface area contributed by atoms with Crippen LogP contribution in [0.4, 0.5) is 0 Å². The maximum atomic E-state index is 12.8. The Balaban J connectivity index is 1.56. The van der Waals surface area contributed by atoms with Gasteiger partial charge in [0.2, 0.25) is 0 Å². The summed E-state index contributed by atoms with van der Waals surface area (Å²) in [5, 5.41) is 4.74. The summed E-state index contributed by atoms with van der Waals surface area (Å²) < 4.78 is 29.3. The van der Waals surface area contributed by atoms with Crippen LogP contribution in [-0.4, -0.2) is 38.5 Å². The molecule has 4 aromatic rings. The van der Waals surface area contributed by atoms with E-state index in [9.17, 15) is 13.2 Å². The number of rotatable bonds is 4. The van der Waals surface area contributed by atoms with Crippen molar-refractivity contribution in [2.75, 3.05) is 0 Å². The van der Waals surface area contributed by atoms with Gasteiger partial charge in [0.15, 0.2) is 5.82 Å². The highest BCUT2D eigenvalue weighted by Gasteiger charge is 2.27. The molecule has 0 unspecified atom stereocenters. The minimum absolute atomic E-state index is 0.185. The van der Waals surface area contributed by atoms with Gasteiger partial charge in [0.25, 0.3) is 15.6 Å². The number of H-pyrrole nitrogens is 1. The van der Waals surface area contributed by atoms with Crippen LogP contribution in [0.5, 0.6) is 0 Å². The topological polar surface area (TPSA) is 122 Å². The van der Waals surface area contributed by atoms with Crippen molar-refractivity contribution in [3.05, 3.63) is 40.4 Å². The molecule has 0 amide bonds. The van der Waals surface area contributed by atoms with Crippen molar-refractivity contribution in [3.8, 4) is 10.7 Å². The number of fused-ring (bicyclic) bond motifs is 2. The first-order chi connectivity index (χ1) is 14.1. The minimum atomic E-state index is -3.64. The molecule has 0 atom stereocenters. The summed E-state index contributed by atoms with van der Waals surface area (Å²) in [5.74, 6) is 0.780. The first-order valence-corrected chi connectivity index (χ1v) is 11.8. The predicted molar refractivity (Wildman–Crippen MR) is 114 cm³/mol. The van der Waals surface area contributed by atoms with Crippen LogP contribution >= 0.6 is 11.3 Å². The van der Waals surface area contributed by atoms with Crippen LogP contribution in [-0.2, 0) is 10.0 Å². The van der Waals surface area contributed by atoms with Crippen molar-refractivity contribution in [2.24, 2.45) is 0 Å². The van der Waals surface area contributed by atoms with Crippen LogP contribution < -0.4 is 10.3 Å². The quantitative estimate of drug-likeness (QED) is 0.499. The molecule has 4 heterocycles. The van der Waals surface area contributed by atoms with E-state index in [0.717, 1.165) is 29.9 Å². The Bertz CT molecular complexity index is 1460. The highest BCUT2D eigenvalue weighted by Crippen LogP contribution is 2.39. The van der Waals surface area contributed by atoms with Crippen LogP contribution in [0.3, 0.4) is 0 Å². The summed E-state index contributed by atoms with van der Waals surface area (Å²) in [6.45, 7) is 5.36. The number of sulfonamides is 1. The highest BCUT2D eigenvalue weighted by atomic mass is 32.2. The Kier molecular flexibility index (Phi) is 4.15. The smallest absolute Gasteiger partial charge is 0.285 e. The molecule has 5 rings (SSSR count). The third kappa shape index (κ3) is 3.42. The molecule has 156 valence electrons. The summed E-state index contributed by atoms with van der Waals surface area (Å²) in [4.78, 5) is 25.3. The molecule has 0 bridgehead atoms. The van der Waals surface area contributed by atoms with Crippen molar-refractivity contribution in [1.82, 2.24) is 29.3 Å². The van der Waals surface area contributed by atoms with Gasteiger partial charge in [-0.25, -0.2) is 23.1 Å². The first kappa shape index (κ1) is 19.3. The van der Waals surface area contributed by atoms with Crippen molar-refractivity contribution in [1.29, 1.82) is 0 Å². The number of thiophene rings is 1. The second-order valence-electron chi connectivity index (χ2n) is 8.50. The molecular formula is C19H20N6O3S2. The zero-order chi connectivity index (χ0) is 21.3. The van der Waals surface area contributed by atoms with E-state index < -0.39 is 15.6 Å². The number of hydrogen-bond acceptors (Lipinski definition) is 7. The van der Waals surface area contributed by atoms with Gasteiger partial charge >= 0.3 is 0 Å². The van der Waals surface area contributed by atoms with E-state index in [1.807, 2.05) is 6.07 Å². The van der Waals surface area contributed by atoms with Gasteiger partial charge in [-0.15, -0.1) is 11.3 Å². The molecule has 0 radical (unpaired) electrons. The van der Waals surface area contributed by atoms with Crippen LogP contribution in [0, 0.1) is 0 Å². The maximum absolute atomic E-state index is 12.8. The lowest BCUT2D eigenvalue weighted by Crippen LogP contribution is -2.40. The monoisotopic (exact) mass is 444 g/mol.